The minimum Gasteiger partial charge on any atom is -0.358 e. The maximum absolute atomic E-state index is 5.41. The van der Waals surface area contributed by atoms with Gasteiger partial charge in [-0.3, -0.25) is 0 Å². The minimum absolute atomic E-state index is 0.258. The van der Waals surface area contributed by atoms with Gasteiger partial charge in [-0.25, -0.2) is 0 Å². The summed E-state index contributed by atoms with van der Waals surface area (Å²) in [6, 6.07) is 0. The van der Waals surface area contributed by atoms with Crippen molar-refractivity contribution in [3.05, 3.63) is 0 Å². The van der Waals surface area contributed by atoms with Crippen molar-refractivity contribution in [2.24, 2.45) is 0 Å². The summed E-state index contributed by atoms with van der Waals surface area (Å²) >= 11 is 7.23. The summed E-state index contributed by atoms with van der Waals surface area (Å²) in [5.74, 6) is 0. The Hall–Kier alpha value is 0.240. The molecule has 0 amide bonds. The average Bonchev–Trinajstić information content (AvgIpc) is 2.03. The standard InChI is InChI=1S/C10H19NS2/c1-10(2,3)13-9(12)11-7-5-4-6-8-11/h4-8H2,1-3H3. The molecule has 0 unspecified atom stereocenters. The van der Waals surface area contributed by atoms with E-state index >= 15 is 0 Å². The number of hydrogen-bond acceptors (Lipinski definition) is 2. The summed E-state index contributed by atoms with van der Waals surface area (Å²) in [5.41, 5.74) is 0. The maximum Gasteiger partial charge on any atom is 0.136 e. The van der Waals surface area contributed by atoms with E-state index in [1.807, 2.05) is 11.8 Å². The summed E-state index contributed by atoms with van der Waals surface area (Å²) in [4.78, 5) is 2.36. The molecule has 13 heavy (non-hydrogen) atoms. The smallest absolute Gasteiger partial charge is 0.136 e. The van der Waals surface area contributed by atoms with Crippen LogP contribution < -0.4 is 0 Å². The Balaban J connectivity index is 2.38. The molecule has 0 N–H and O–H groups in total. The van der Waals surface area contributed by atoms with Crippen LogP contribution >= 0.6 is 24.0 Å². The molecule has 3 heteroatoms. The molecule has 1 nitrogen and oxygen atoms in total. The van der Waals surface area contributed by atoms with Crippen LogP contribution in [0.25, 0.3) is 0 Å². The first-order chi connectivity index (χ1) is 5.99. The van der Waals surface area contributed by atoms with Crippen LogP contribution in [0.5, 0.6) is 0 Å². The summed E-state index contributed by atoms with van der Waals surface area (Å²) in [7, 11) is 0. The van der Waals surface area contributed by atoms with E-state index in [0.717, 1.165) is 4.32 Å². The molecule has 0 spiro atoms. The normalized spacial score (nSPS) is 18.8. The minimum atomic E-state index is 0.258. The Bertz CT molecular complexity index is 178. The van der Waals surface area contributed by atoms with E-state index in [1.165, 1.54) is 32.4 Å². The van der Waals surface area contributed by atoms with Gasteiger partial charge in [0, 0.05) is 17.8 Å². The van der Waals surface area contributed by atoms with Gasteiger partial charge in [-0.1, -0.05) is 44.8 Å². The topological polar surface area (TPSA) is 3.24 Å². The van der Waals surface area contributed by atoms with Crippen molar-refractivity contribution in [1.29, 1.82) is 0 Å². The number of piperidine rings is 1. The predicted molar refractivity (Wildman–Crippen MR) is 65.4 cm³/mol. The third kappa shape index (κ3) is 4.32. The van der Waals surface area contributed by atoms with E-state index in [0.29, 0.717) is 0 Å². The fourth-order valence-corrected chi connectivity index (χ4v) is 3.17. The maximum atomic E-state index is 5.41. The van der Waals surface area contributed by atoms with Crippen LogP contribution in [0.4, 0.5) is 0 Å². The third-order valence-corrected chi connectivity index (χ3v) is 3.56. The average molecular weight is 217 g/mol. The highest BCUT2D eigenvalue weighted by Gasteiger charge is 2.19. The Morgan fingerprint density at radius 1 is 1.15 bits per heavy atom. The molecule has 0 aromatic rings. The van der Waals surface area contributed by atoms with Gasteiger partial charge in [0.05, 0.1) is 0 Å². The van der Waals surface area contributed by atoms with Gasteiger partial charge < -0.3 is 4.90 Å². The highest BCUT2D eigenvalue weighted by Crippen LogP contribution is 2.27. The SMILES string of the molecule is CC(C)(C)SC(=S)N1CCCCC1. The van der Waals surface area contributed by atoms with Crippen LogP contribution in [0, 0.1) is 0 Å². The molecule has 1 saturated heterocycles. The molecule has 0 saturated carbocycles. The lowest BCUT2D eigenvalue weighted by molar-refractivity contribution is 0.352. The molecule has 0 aromatic heterocycles. The first-order valence-electron chi connectivity index (χ1n) is 4.97. The quantitative estimate of drug-likeness (QED) is 0.573. The second kappa shape index (κ2) is 4.65. The second-order valence-electron chi connectivity index (χ2n) is 4.53. The van der Waals surface area contributed by atoms with E-state index in [2.05, 4.69) is 25.7 Å². The zero-order valence-electron chi connectivity index (χ0n) is 8.80. The summed E-state index contributed by atoms with van der Waals surface area (Å²) < 4.78 is 1.35. The van der Waals surface area contributed by atoms with Crippen LogP contribution in [0.15, 0.2) is 0 Å². The van der Waals surface area contributed by atoms with Gasteiger partial charge in [0.2, 0.25) is 0 Å². The molecule has 1 aliphatic rings. The predicted octanol–water partition coefficient (Wildman–Crippen LogP) is 3.29. The summed E-state index contributed by atoms with van der Waals surface area (Å²) in [6.07, 6.45) is 4.00. The van der Waals surface area contributed by atoms with E-state index in [4.69, 9.17) is 12.2 Å². The number of nitrogens with zero attached hydrogens (tertiary/aromatic N) is 1. The van der Waals surface area contributed by atoms with Crippen molar-refractivity contribution in [2.45, 2.75) is 44.8 Å². The molecule has 1 rings (SSSR count). The second-order valence-corrected chi connectivity index (χ2v) is 6.99. The molecular formula is C10H19NS2. The van der Waals surface area contributed by atoms with E-state index in [1.54, 1.807) is 0 Å². The van der Waals surface area contributed by atoms with Gasteiger partial charge in [0.15, 0.2) is 0 Å². The van der Waals surface area contributed by atoms with Crippen LogP contribution in [0.3, 0.4) is 0 Å². The zero-order valence-corrected chi connectivity index (χ0v) is 10.4. The fraction of sp³-hybridized carbons (Fsp3) is 0.900. The van der Waals surface area contributed by atoms with E-state index < -0.39 is 0 Å². The Kier molecular flexibility index (Phi) is 4.05. The van der Waals surface area contributed by atoms with Crippen LogP contribution in [0.1, 0.15) is 40.0 Å². The molecule has 0 radical (unpaired) electrons. The first kappa shape index (κ1) is 11.3. The lowest BCUT2D eigenvalue weighted by atomic mass is 10.1. The number of thiocarbonyl (C=S) groups is 1. The summed E-state index contributed by atoms with van der Waals surface area (Å²) in [6.45, 7) is 8.99. The Morgan fingerprint density at radius 3 is 2.15 bits per heavy atom. The highest BCUT2D eigenvalue weighted by atomic mass is 32.2. The molecule has 0 atom stereocenters. The fourth-order valence-electron chi connectivity index (χ4n) is 1.40. The molecule has 0 bridgehead atoms. The van der Waals surface area contributed by atoms with Crippen molar-refractivity contribution < 1.29 is 0 Å². The molecule has 0 aliphatic carbocycles. The van der Waals surface area contributed by atoms with Gasteiger partial charge in [0.25, 0.3) is 0 Å². The number of rotatable bonds is 0. The number of hydrogen-bond donors (Lipinski definition) is 0. The third-order valence-electron chi connectivity index (χ3n) is 2.01. The largest absolute Gasteiger partial charge is 0.358 e. The van der Waals surface area contributed by atoms with Gasteiger partial charge in [-0.2, -0.15) is 0 Å². The van der Waals surface area contributed by atoms with Gasteiger partial charge >= 0.3 is 0 Å². The van der Waals surface area contributed by atoms with Gasteiger partial charge in [-0.05, 0) is 19.3 Å². The lowest BCUT2D eigenvalue weighted by Crippen LogP contribution is -2.34. The molecule has 76 valence electrons. The lowest BCUT2D eigenvalue weighted by Gasteiger charge is -2.31. The van der Waals surface area contributed by atoms with E-state index in [-0.39, 0.29) is 4.75 Å². The van der Waals surface area contributed by atoms with E-state index in [9.17, 15) is 0 Å². The first-order valence-corrected chi connectivity index (χ1v) is 6.19. The monoisotopic (exact) mass is 217 g/mol. The zero-order chi connectivity index (χ0) is 9.90. The summed E-state index contributed by atoms with van der Waals surface area (Å²) in [5, 5.41) is 0. The number of likely N-dealkylation sites (tertiary alicyclic amines) is 1. The van der Waals surface area contributed by atoms with Crippen molar-refractivity contribution in [2.75, 3.05) is 13.1 Å². The van der Waals surface area contributed by atoms with Crippen molar-refractivity contribution in [1.82, 2.24) is 4.90 Å². The molecule has 0 aromatic carbocycles. The van der Waals surface area contributed by atoms with Gasteiger partial charge in [0.1, 0.15) is 4.32 Å². The van der Waals surface area contributed by atoms with Gasteiger partial charge in [-0.15, -0.1) is 0 Å². The molecular weight excluding hydrogens is 198 g/mol. The van der Waals surface area contributed by atoms with Crippen molar-refractivity contribution in [3.8, 4) is 0 Å². The van der Waals surface area contributed by atoms with Crippen LogP contribution in [0.2, 0.25) is 0 Å². The highest BCUT2D eigenvalue weighted by molar-refractivity contribution is 8.23. The number of thioether (sulfide) groups is 1. The van der Waals surface area contributed by atoms with Crippen molar-refractivity contribution >= 4 is 28.3 Å². The Labute approximate surface area is 91.3 Å². The molecule has 1 fully saturated rings. The molecule has 1 heterocycles. The Morgan fingerprint density at radius 2 is 1.69 bits per heavy atom. The van der Waals surface area contributed by atoms with Crippen LogP contribution in [-0.2, 0) is 0 Å². The van der Waals surface area contributed by atoms with Crippen LogP contribution in [-0.4, -0.2) is 27.1 Å². The molecule has 1 aliphatic heterocycles. The van der Waals surface area contributed by atoms with Crippen molar-refractivity contribution in [3.63, 3.8) is 0 Å².